The quantitative estimate of drug-likeness (QED) is 0.705. The lowest BCUT2D eigenvalue weighted by atomic mass is 9.98. The number of nitrogens with zero attached hydrogens (tertiary/aromatic N) is 1. The number of hydrogen-bond donors (Lipinski definition) is 1. The van der Waals surface area contributed by atoms with E-state index in [2.05, 4.69) is 36.8 Å². The molecule has 0 aliphatic heterocycles. The molecular weight excluding hydrogens is 320 g/mol. The van der Waals surface area contributed by atoms with E-state index in [-0.39, 0.29) is 17.8 Å². The van der Waals surface area contributed by atoms with Crippen LogP contribution in [-0.2, 0) is 27.8 Å². The Labute approximate surface area is 145 Å². The molecule has 0 bridgehead atoms. The van der Waals surface area contributed by atoms with Crippen molar-refractivity contribution in [2.75, 3.05) is 6.61 Å². The Morgan fingerprint density at radius 1 is 1.29 bits per heavy atom. The number of para-hydroxylation sites is 1. The normalized spacial score (nSPS) is 11.8. The van der Waals surface area contributed by atoms with Gasteiger partial charge in [0.2, 0.25) is 0 Å². The molecule has 0 saturated carbocycles. The van der Waals surface area contributed by atoms with E-state index in [1.54, 1.807) is 11.3 Å². The van der Waals surface area contributed by atoms with Gasteiger partial charge in [-0.15, -0.1) is 11.3 Å². The summed E-state index contributed by atoms with van der Waals surface area (Å²) >= 11 is 1.60. The number of carbonyl (C=O) groups is 1. The first-order chi connectivity index (χ1) is 11.4. The zero-order valence-corrected chi connectivity index (χ0v) is 15.1. The minimum atomic E-state index is -0.222. The third-order valence-corrected chi connectivity index (χ3v) is 5.15. The fraction of sp³-hybridized carbons (Fsp3) is 0.368. The van der Waals surface area contributed by atoms with Gasteiger partial charge in [0, 0.05) is 34.3 Å². The van der Waals surface area contributed by atoms with E-state index < -0.39 is 0 Å². The molecule has 0 fully saturated rings. The minimum absolute atomic E-state index is 0.0160. The van der Waals surface area contributed by atoms with E-state index in [0.29, 0.717) is 13.0 Å². The van der Waals surface area contributed by atoms with Crippen molar-refractivity contribution in [1.29, 1.82) is 0 Å². The molecule has 1 aromatic carbocycles. The molecule has 0 unspecified atom stereocenters. The number of rotatable bonds is 5. The Bertz CT molecular complexity index is 842. The predicted octanol–water partition coefficient (Wildman–Crippen LogP) is 4.25. The number of aromatic amines is 1. The van der Waals surface area contributed by atoms with Crippen LogP contribution in [0.25, 0.3) is 10.9 Å². The van der Waals surface area contributed by atoms with Gasteiger partial charge in [0.15, 0.2) is 0 Å². The van der Waals surface area contributed by atoms with Crippen LogP contribution in [0.1, 0.15) is 37.0 Å². The van der Waals surface area contributed by atoms with E-state index >= 15 is 0 Å². The van der Waals surface area contributed by atoms with Gasteiger partial charge in [-0.1, -0.05) is 39.0 Å². The highest BCUT2D eigenvalue weighted by atomic mass is 32.1. The van der Waals surface area contributed by atoms with Gasteiger partial charge in [-0.25, -0.2) is 4.98 Å². The van der Waals surface area contributed by atoms with Crippen LogP contribution in [0.5, 0.6) is 0 Å². The summed E-state index contributed by atoms with van der Waals surface area (Å²) in [6.45, 7) is 6.75. The molecule has 3 aromatic rings. The second kappa shape index (κ2) is 6.77. The van der Waals surface area contributed by atoms with E-state index in [0.717, 1.165) is 16.2 Å². The molecule has 1 N–H and O–H groups in total. The number of ether oxygens (including phenoxy) is 1. The van der Waals surface area contributed by atoms with Gasteiger partial charge in [-0.2, -0.15) is 0 Å². The molecule has 2 heterocycles. The topological polar surface area (TPSA) is 55.0 Å². The second-order valence-corrected chi connectivity index (χ2v) is 7.76. The molecule has 0 radical (unpaired) electrons. The number of aromatic nitrogens is 2. The van der Waals surface area contributed by atoms with Crippen LogP contribution < -0.4 is 0 Å². The maximum atomic E-state index is 12.0. The largest absolute Gasteiger partial charge is 0.465 e. The maximum Gasteiger partial charge on any atom is 0.311 e. The Hall–Kier alpha value is -2.14. The van der Waals surface area contributed by atoms with E-state index in [9.17, 15) is 4.79 Å². The molecule has 5 heteroatoms. The summed E-state index contributed by atoms with van der Waals surface area (Å²) in [6, 6.07) is 8.13. The lowest BCUT2D eigenvalue weighted by Crippen LogP contribution is -2.13. The molecule has 0 amide bonds. The first kappa shape index (κ1) is 16.7. The fourth-order valence-corrected chi connectivity index (χ4v) is 3.45. The smallest absolute Gasteiger partial charge is 0.311 e. The molecule has 3 rings (SSSR count). The highest BCUT2D eigenvalue weighted by molar-refractivity contribution is 7.09. The number of esters is 1. The molecule has 0 spiro atoms. The lowest BCUT2D eigenvalue weighted by Gasteiger charge is -2.13. The highest BCUT2D eigenvalue weighted by Crippen LogP contribution is 2.25. The van der Waals surface area contributed by atoms with Crippen molar-refractivity contribution < 1.29 is 9.53 Å². The van der Waals surface area contributed by atoms with Crippen molar-refractivity contribution in [3.8, 4) is 0 Å². The molecule has 0 atom stereocenters. The van der Waals surface area contributed by atoms with Crippen LogP contribution >= 0.6 is 11.3 Å². The second-order valence-electron chi connectivity index (χ2n) is 6.90. The first-order valence-corrected chi connectivity index (χ1v) is 8.97. The zero-order valence-electron chi connectivity index (χ0n) is 14.3. The van der Waals surface area contributed by atoms with Crippen LogP contribution in [0.15, 0.2) is 35.8 Å². The molecule has 0 aliphatic rings. The fourth-order valence-electron chi connectivity index (χ4n) is 2.54. The van der Waals surface area contributed by atoms with Crippen molar-refractivity contribution in [1.82, 2.24) is 9.97 Å². The van der Waals surface area contributed by atoms with Gasteiger partial charge in [-0.05, 0) is 11.6 Å². The summed E-state index contributed by atoms with van der Waals surface area (Å²) in [5.41, 5.74) is 3.09. The van der Waals surface area contributed by atoms with E-state index in [1.807, 2.05) is 29.8 Å². The van der Waals surface area contributed by atoms with Gasteiger partial charge in [-0.3, -0.25) is 4.79 Å². The standard InChI is InChI=1S/C19H22N2O2S/c1-19(2,3)18-21-14(12-24-18)10-17(22)23-9-8-13-11-20-16-7-5-4-6-15(13)16/h4-7,11-12,20H,8-10H2,1-3H3. The summed E-state index contributed by atoms with van der Waals surface area (Å²) in [6.07, 6.45) is 2.93. The molecule has 126 valence electrons. The number of H-pyrrole nitrogens is 1. The molecule has 0 saturated heterocycles. The molecular formula is C19H22N2O2S. The summed E-state index contributed by atoms with van der Waals surface area (Å²) in [4.78, 5) is 19.8. The van der Waals surface area contributed by atoms with Crippen LogP contribution in [0.2, 0.25) is 0 Å². The molecule has 2 aromatic heterocycles. The average molecular weight is 342 g/mol. The summed E-state index contributed by atoms with van der Waals surface area (Å²) in [5.74, 6) is -0.222. The van der Waals surface area contributed by atoms with Crippen molar-refractivity contribution in [3.05, 3.63) is 52.1 Å². The van der Waals surface area contributed by atoms with Gasteiger partial charge in [0.05, 0.1) is 23.7 Å². The van der Waals surface area contributed by atoms with E-state index in [1.165, 1.54) is 10.9 Å². The maximum absolute atomic E-state index is 12.0. The number of carbonyl (C=O) groups excluding carboxylic acids is 1. The minimum Gasteiger partial charge on any atom is -0.465 e. The van der Waals surface area contributed by atoms with Crippen LogP contribution in [0, 0.1) is 0 Å². The zero-order chi connectivity index (χ0) is 17.2. The monoisotopic (exact) mass is 342 g/mol. The van der Waals surface area contributed by atoms with Gasteiger partial charge in [0.25, 0.3) is 0 Å². The summed E-state index contributed by atoms with van der Waals surface area (Å²) in [7, 11) is 0. The Morgan fingerprint density at radius 2 is 2.08 bits per heavy atom. The summed E-state index contributed by atoms with van der Waals surface area (Å²) in [5, 5.41) is 4.17. The molecule has 0 aliphatic carbocycles. The third kappa shape index (κ3) is 3.85. The average Bonchev–Trinajstić information content (AvgIpc) is 3.14. The van der Waals surface area contributed by atoms with Gasteiger partial charge < -0.3 is 9.72 Å². The van der Waals surface area contributed by atoms with E-state index in [4.69, 9.17) is 4.74 Å². The Kier molecular flexibility index (Phi) is 4.71. The Balaban J connectivity index is 1.52. The van der Waals surface area contributed by atoms with Crippen molar-refractivity contribution >= 4 is 28.2 Å². The third-order valence-electron chi connectivity index (χ3n) is 3.83. The van der Waals surface area contributed by atoms with Crippen LogP contribution in [0.3, 0.4) is 0 Å². The lowest BCUT2D eigenvalue weighted by molar-refractivity contribution is -0.142. The van der Waals surface area contributed by atoms with Gasteiger partial charge in [0.1, 0.15) is 0 Å². The number of thiazole rings is 1. The summed E-state index contributed by atoms with van der Waals surface area (Å²) < 4.78 is 5.37. The Morgan fingerprint density at radius 3 is 2.83 bits per heavy atom. The molecule has 4 nitrogen and oxygen atoms in total. The highest BCUT2D eigenvalue weighted by Gasteiger charge is 2.19. The number of hydrogen-bond acceptors (Lipinski definition) is 4. The van der Waals surface area contributed by atoms with Gasteiger partial charge >= 0.3 is 5.97 Å². The van der Waals surface area contributed by atoms with Crippen LogP contribution in [0.4, 0.5) is 0 Å². The van der Waals surface area contributed by atoms with Crippen molar-refractivity contribution in [3.63, 3.8) is 0 Å². The first-order valence-electron chi connectivity index (χ1n) is 8.09. The SMILES string of the molecule is CC(C)(C)c1nc(CC(=O)OCCc2c[nH]c3ccccc23)cs1. The van der Waals surface area contributed by atoms with Crippen molar-refractivity contribution in [2.24, 2.45) is 0 Å². The number of nitrogens with one attached hydrogen (secondary N) is 1. The number of benzene rings is 1. The predicted molar refractivity (Wildman–Crippen MR) is 97.5 cm³/mol. The van der Waals surface area contributed by atoms with Crippen LogP contribution in [-0.4, -0.2) is 22.5 Å². The molecule has 24 heavy (non-hydrogen) atoms. The van der Waals surface area contributed by atoms with Crippen molar-refractivity contribution in [2.45, 2.75) is 39.0 Å². The number of fused-ring (bicyclic) bond motifs is 1.